The summed E-state index contributed by atoms with van der Waals surface area (Å²) in [6.07, 6.45) is -0.863. The van der Waals surface area contributed by atoms with E-state index in [1.165, 1.54) is 4.90 Å². The summed E-state index contributed by atoms with van der Waals surface area (Å²) in [5.74, 6) is -1.34. The first-order valence-electron chi connectivity index (χ1n) is 14.7. The highest BCUT2D eigenvalue weighted by Crippen LogP contribution is 2.61. The molecule has 11 nitrogen and oxygen atoms in total. The van der Waals surface area contributed by atoms with Gasteiger partial charge in [0.2, 0.25) is 12.3 Å². The number of rotatable bonds is 16. The lowest BCUT2D eigenvalue weighted by atomic mass is 9.90. The summed E-state index contributed by atoms with van der Waals surface area (Å²) in [6, 6.07) is 2.22. The fourth-order valence-corrected chi connectivity index (χ4v) is 6.16. The highest BCUT2D eigenvalue weighted by molar-refractivity contribution is 5.79. The minimum atomic E-state index is -1.70. The first-order valence-corrected chi connectivity index (χ1v) is 14.7. The molecule has 5 atom stereocenters. The van der Waals surface area contributed by atoms with Crippen molar-refractivity contribution >= 4 is 12.3 Å². The Labute approximate surface area is 244 Å². The summed E-state index contributed by atoms with van der Waals surface area (Å²) in [7, 11) is 0. The van der Waals surface area contributed by atoms with Gasteiger partial charge in [-0.3, -0.25) is 9.59 Å². The van der Waals surface area contributed by atoms with Crippen molar-refractivity contribution < 1.29 is 48.6 Å². The number of benzene rings is 1. The second-order valence-corrected chi connectivity index (χ2v) is 12.1. The Kier molecular flexibility index (Phi) is 11.1. The van der Waals surface area contributed by atoms with Crippen molar-refractivity contribution in [2.45, 2.75) is 62.9 Å². The number of aliphatic hydroxyl groups is 5. The standard InChI is InChI=1S/C29H43F2N3O8/c30-22-8-20(42-7-1-2-19-11-29(19)3-5-33(17-36)6-4-29)9-23(31)21(22)10-26(39)34-14-18(15-34)12-32-13-24(37)27(40)28(41)25(38)16-35/h8-9,17-19,24-25,27-28,32,35,37-38,40-41H,1-7,10-16H2/t19?,24-,25+,27+,28+/m0/s1. The number of halogens is 2. The van der Waals surface area contributed by atoms with Crippen LogP contribution in [0.1, 0.15) is 37.7 Å². The number of carbonyl (C=O) groups excluding carboxylic acids is 2. The van der Waals surface area contributed by atoms with Gasteiger partial charge in [-0.15, -0.1) is 0 Å². The number of ether oxygens (including phenoxy) is 1. The van der Waals surface area contributed by atoms with Crippen LogP contribution in [0.2, 0.25) is 0 Å². The lowest BCUT2D eigenvalue weighted by Gasteiger charge is -2.39. The SMILES string of the molecule is O=CN1CCC2(CC1)CC2CCCOc1cc(F)c(CC(=O)N2CC(CNC[C@H](O)[C@@H](O)[C@H](O)[C@H](O)CO)C2)c(F)c1. The quantitative estimate of drug-likeness (QED) is 0.108. The number of carbonyl (C=O) groups is 2. The maximum Gasteiger partial charge on any atom is 0.227 e. The van der Waals surface area contributed by atoms with Crippen LogP contribution in [0.25, 0.3) is 0 Å². The van der Waals surface area contributed by atoms with Crippen LogP contribution in [0, 0.1) is 28.9 Å². The molecule has 4 rings (SSSR count). The predicted octanol–water partition coefficient (Wildman–Crippen LogP) is -0.591. The Morgan fingerprint density at radius 3 is 2.36 bits per heavy atom. The fourth-order valence-electron chi connectivity index (χ4n) is 6.16. The van der Waals surface area contributed by atoms with E-state index < -0.39 is 55.0 Å². The van der Waals surface area contributed by atoms with Gasteiger partial charge < -0.3 is 45.4 Å². The molecule has 1 unspecified atom stereocenters. The molecular formula is C29H43F2N3O8. The second-order valence-electron chi connectivity index (χ2n) is 12.1. The molecule has 1 aliphatic carbocycles. The van der Waals surface area contributed by atoms with Gasteiger partial charge >= 0.3 is 0 Å². The lowest BCUT2D eigenvalue weighted by molar-refractivity contribution is -0.136. The van der Waals surface area contributed by atoms with Gasteiger partial charge in [0, 0.05) is 62.9 Å². The van der Waals surface area contributed by atoms with E-state index in [2.05, 4.69) is 5.32 Å². The number of hydrogen-bond acceptors (Lipinski definition) is 9. The molecule has 1 saturated carbocycles. The summed E-state index contributed by atoms with van der Waals surface area (Å²) < 4.78 is 35.0. The zero-order chi connectivity index (χ0) is 30.4. The van der Waals surface area contributed by atoms with Crippen LogP contribution in [0.15, 0.2) is 12.1 Å². The van der Waals surface area contributed by atoms with E-state index in [1.54, 1.807) is 0 Å². The van der Waals surface area contributed by atoms with E-state index in [9.17, 15) is 38.8 Å². The van der Waals surface area contributed by atoms with Crippen LogP contribution in [0.4, 0.5) is 8.78 Å². The average Bonchev–Trinajstić information content (AvgIpc) is 3.63. The first-order chi connectivity index (χ1) is 20.1. The zero-order valence-electron chi connectivity index (χ0n) is 23.7. The van der Waals surface area contributed by atoms with E-state index >= 15 is 0 Å². The Balaban J connectivity index is 1.12. The topological polar surface area (TPSA) is 163 Å². The van der Waals surface area contributed by atoms with Crippen LogP contribution in [-0.4, -0.2) is 125 Å². The maximum absolute atomic E-state index is 14.7. The van der Waals surface area contributed by atoms with Gasteiger partial charge in [0.25, 0.3) is 0 Å². The lowest BCUT2D eigenvalue weighted by Crippen LogP contribution is -2.55. The third-order valence-corrected chi connectivity index (χ3v) is 9.13. The number of aliphatic hydroxyl groups excluding tert-OH is 5. The average molecular weight is 600 g/mol. The smallest absolute Gasteiger partial charge is 0.227 e. The molecule has 2 heterocycles. The number of nitrogens with zero attached hydrogens (tertiary/aromatic N) is 2. The number of piperidine rings is 1. The number of nitrogens with one attached hydrogen (secondary N) is 1. The first kappa shape index (κ1) is 32.5. The minimum absolute atomic E-state index is 0.0337. The van der Waals surface area contributed by atoms with Gasteiger partial charge in [-0.05, 0) is 43.4 Å². The van der Waals surface area contributed by atoms with Gasteiger partial charge in [0.15, 0.2) is 0 Å². The van der Waals surface area contributed by atoms with E-state index in [1.807, 2.05) is 4.90 Å². The van der Waals surface area contributed by atoms with E-state index in [0.717, 1.165) is 63.7 Å². The van der Waals surface area contributed by atoms with E-state index in [-0.39, 0.29) is 23.8 Å². The molecule has 3 fully saturated rings. The molecule has 1 aromatic carbocycles. The molecule has 2 aliphatic heterocycles. The summed E-state index contributed by atoms with van der Waals surface area (Å²) >= 11 is 0. The molecule has 2 amide bonds. The summed E-state index contributed by atoms with van der Waals surface area (Å²) in [5.41, 5.74) is 0.0398. The highest BCUT2D eigenvalue weighted by Gasteiger charge is 2.53. The van der Waals surface area contributed by atoms with Crippen molar-refractivity contribution in [1.29, 1.82) is 0 Å². The molecular weight excluding hydrogens is 556 g/mol. The maximum atomic E-state index is 14.7. The molecule has 0 bridgehead atoms. The summed E-state index contributed by atoms with van der Waals surface area (Å²) in [6.45, 7) is 2.22. The fraction of sp³-hybridized carbons (Fsp3) is 0.724. The third-order valence-electron chi connectivity index (χ3n) is 9.13. The minimum Gasteiger partial charge on any atom is -0.493 e. The van der Waals surface area contributed by atoms with Crippen LogP contribution < -0.4 is 10.1 Å². The van der Waals surface area contributed by atoms with E-state index in [4.69, 9.17) is 9.84 Å². The van der Waals surface area contributed by atoms with Gasteiger partial charge in [0.1, 0.15) is 35.7 Å². The summed E-state index contributed by atoms with van der Waals surface area (Å²) in [4.78, 5) is 26.8. The summed E-state index contributed by atoms with van der Waals surface area (Å²) in [5, 5.41) is 50.5. The van der Waals surface area contributed by atoms with Crippen molar-refractivity contribution in [2.24, 2.45) is 17.3 Å². The monoisotopic (exact) mass is 599 g/mol. The van der Waals surface area contributed by atoms with Crippen molar-refractivity contribution in [3.8, 4) is 5.75 Å². The van der Waals surface area contributed by atoms with Crippen LogP contribution in [0.5, 0.6) is 5.75 Å². The Morgan fingerprint density at radius 2 is 1.74 bits per heavy atom. The van der Waals surface area contributed by atoms with Gasteiger partial charge in [-0.25, -0.2) is 8.78 Å². The molecule has 6 N–H and O–H groups in total. The number of amides is 2. The normalized spacial score (nSPS) is 22.8. The largest absolute Gasteiger partial charge is 0.493 e. The third kappa shape index (κ3) is 7.94. The van der Waals surface area contributed by atoms with Crippen molar-refractivity contribution in [1.82, 2.24) is 15.1 Å². The Bertz CT molecular complexity index is 1040. The van der Waals surface area contributed by atoms with Crippen LogP contribution in [0.3, 0.4) is 0 Å². The Hall–Kier alpha value is -2.42. The molecule has 3 aliphatic rings. The van der Waals surface area contributed by atoms with Crippen LogP contribution >= 0.6 is 0 Å². The Morgan fingerprint density at radius 1 is 1.10 bits per heavy atom. The molecule has 2 saturated heterocycles. The van der Waals surface area contributed by atoms with Crippen molar-refractivity contribution in [2.75, 3.05) is 52.5 Å². The molecule has 236 valence electrons. The van der Waals surface area contributed by atoms with Crippen molar-refractivity contribution in [3.63, 3.8) is 0 Å². The molecule has 1 spiro atoms. The van der Waals surface area contributed by atoms with Crippen LogP contribution in [-0.2, 0) is 16.0 Å². The molecule has 0 aromatic heterocycles. The van der Waals surface area contributed by atoms with Crippen molar-refractivity contribution in [3.05, 3.63) is 29.3 Å². The predicted molar refractivity (Wildman–Crippen MR) is 146 cm³/mol. The molecule has 42 heavy (non-hydrogen) atoms. The van der Waals surface area contributed by atoms with Gasteiger partial charge in [0.05, 0.1) is 25.7 Å². The van der Waals surface area contributed by atoms with E-state index in [0.29, 0.717) is 37.6 Å². The second kappa shape index (κ2) is 14.4. The number of hydrogen-bond donors (Lipinski definition) is 6. The molecule has 0 radical (unpaired) electrons. The molecule has 1 aromatic rings. The molecule has 13 heteroatoms. The van der Waals surface area contributed by atoms with Gasteiger partial charge in [-0.2, -0.15) is 0 Å². The highest BCUT2D eigenvalue weighted by atomic mass is 19.1. The zero-order valence-corrected chi connectivity index (χ0v) is 23.7. The number of likely N-dealkylation sites (tertiary alicyclic amines) is 2. The van der Waals surface area contributed by atoms with Gasteiger partial charge in [-0.1, -0.05) is 0 Å².